The van der Waals surface area contributed by atoms with E-state index in [4.69, 9.17) is 11.6 Å². The van der Waals surface area contributed by atoms with Crippen molar-refractivity contribution < 1.29 is 9.59 Å². The van der Waals surface area contributed by atoms with Crippen LogP contribution in [0.4, 0.5) is 5.69 Å². The molecule has 1 aromatic carbocycles. The number of carbonyl (C=O) groups is 2. The number of hydrogen-bond donors (Lipinski definition) is 2. The van der Waals surface area contributed by atoms with Gasteiger partial charge in [-0.05, 0) is 50.8 Å². The van der Waals surface area contributed by atoms with E-state index >= 15 is 0 Å². The average molecular weight is 363 g/mol. The van der Waals surface area contributed by atoms with Crippen molar-refractivity contribution >= 4 is 29.1 Å². The second kappa shape index (κ2) is 8.18. The van der Waals surface area contributed by atoms with E-state index in [0.29, 0.717) is 17.3 Å². The molecular formula is C18H23ClN4O2. The van der Waals surface area contributed by atoms with Crippen molar-refractivity contribution in [3.05, 3.63) is 52.8 Å². The highest BCUT2D eigenvalue weighted by molar-refractivity contribution is 6.40. The van der Waals surface area contributed by atoms with E-state index in [-0.39, 0.29) is 6.04 Å². The third-order valence-corrected chi connectivity index (χ3v) is 4.54. The molecule has 0 spiro atoms. The monoisotopic (exact) mass is 362 g/mol. The van der Waals surface area contributed by atoms with Gasteiger partial charge < -0.3 is 15.2 Å². The minimum atomic E-state index is -0.713. The molecule has 0 saturated carbocycles. The van der Waals surface area contributed by atoms with Crippen LogP contribution in [-0.2, 0) is 16.6 Å². The molecule has 0 saturated heterocycles. The maximum atomic E-state index is 12.1. The summed E-state index contributed by atoms with van der Waals surface area (Å²) in [5, 5.41) is 5.83. The first-order valence-electron chi connectivity index (χ1n) is 7.93. The molecule has 1 unspecified atom stereocenters. The van der Waals surface area contributed by atoms with Crippen molar-refractivity contribution in [3.8, 4) is 0 Å². The Kier molecular flexibility index (Phi) is 6.22. The summed E-state index contributed by atoms with van der Waals surface area (Å²) in [6.07, 6.45) is 1.95. The quantitative estimate of drug-likeness (QED) is 0.802. The SMILES string of the molecule is Cc1c(Cl)cccc1NC(=O)C(=O)NCC(c1cccn1C)N(C)C. The number of carbonyl (C=O) groups excluding carboxylic acids is 2. The second-order valence-electron chi connectivity index (χ2n) is 6.10. The van der Waals surface area contributed by atoms with Crippen molar-refractivity contribution in [1.82, 2.24) is 14.8 Å². The van der Waals surface area contributed by atoms with E-state index in [9.17, 15) is 9.59 Å². The maximum Gasteiger partial charge on any atom is 0.313 e. The number of aryl methyl sites for hydroxylation is 1. The molecule has 25 heavy (non-hydrogen) atoms. The van der Waals surface area contributed by atoms with Gasteiger partial charge in [0.25, 0.3) is 0 Å². The predicted octanol–water partition coefficient (Wildman–Crippen LogP) is 2.34. The zero-order valence-electron chi connectivity index (χ0n) is 14.8. The normalized spacial score (nSPS) is 12.1. The van der Waals surface area contributed by atoms with Crippen LogP contribution in [0.5, 0.6) is 0 Å². The van der Waals surface area contributed by atoms with Crippen LogP contribution < -0.4 is 10.6 Å². The van der Waals surface area contributed by atoms with Crippen LogP contribution in [0.25, 0.3) is 0 Å². The van der Waals surface area contributed by atoms with Gasteiger partial charge in [-0.25, -0.2) is 0 Å². The Hall–Kier alpha value is -2.31. The fourth-order valence-corrected chi connectivity index (χ4v) is 2.74. The van der Waals surface area contributed by atoms with Crippen molar-refractivity contribution in [3.63, 3.8) is 0 Å². The number of hydrogen-bond acceptors (Lipinski definition) is 3. The van der Waals surface area contributed by atoms with Crippen LogP contribution in [0.15, 0.2) is 36.5 Å². The van der Waals surface area contributed by atoms with Gasteiger partial charge in [-0.2, -0.15) is 0 Å². The highest BCUT2D eigenvalue weighted by atomic mass is 35.5. The van der Waals surface area contributed by atoms with Gasteiger partial charge in [-0.3, -0.25) is 14.5 Å². The summed E-state index contributed by atoms with van der Waals surface area (Å²) in [5.74, 6) is -1.39. The zero-order chi connectivity index (χ0) is 18.6. The zero-order valence-corrected chi connectivity index (χ0v) is 15.6. The molecule has 1 atom stereocenters. The third kappa shape index (κ3) is 4.61. The van der Waals surface area contributed by atoms with Gasteiger partial charge in [0, 0.05) is 36.2 Å². The summed E-state index contributed by atoms with van der Waals surface area (Å²) in [6.45, 7) is 2.11. The topological polar surface area (TPSA) is 66.4 Å². The van der Waals surface area contributed by atoms with Crippen LogP contribution in [0.3, 0.4) is 0 Å². The van der Waals surface area contributed by atoms with Crippen LogP contribution in [0, 0.1) is 6.92 Å². The lowest BCUT2D eigenvalue weighted by Gasteiger charge is -2.25. The van der Waals surface area contributed by atoms with Crippen molar-refractivity contribution in [2.75, 3.05) is 26.0 Å². The molecule has 1 aromatic heterocycles. The standard InChI is InChI=1S/C18H23ClN4O2/c1-12-13(19)7-5-8-14(12)21-18(25)17(24)20-11-16(22(2)3)15-9-6-10-23(15)4/h5-10,16H,11H2,1-4H3,(H,20,24)(H,21,25). The number of halogens is 1. The Morgan fingerprint density at radius 1 is 1.20 bits per heavy atom. The first-order chi connectivity index (χ1) is 11.8. The number of anilines is 1. The van der Waals surface area contributed by atoms with Gasteiger partial charge >= 0.3 is 11.8 Å². The maximum absolute atomic E-state index is 12.1. The van der Waals surface area contributed by atoms with E-state index < -0.39 is 11.8 Å². The molecule has 0 aliphatic carbocycles. The molecule has 0 fully saturated rings. The number of amides is 2. The average Bonchev–Trinajstić information content (AvgIpc) is 2.97. The molecule has 7 heteroatoms. The van der Waals surface area contributed by atoms with Gasteiger partial charge in [0.15, 0.2) is 0 Å². The highest BCUT2D eigenvalue weighted by Crippen LogP contribution is 2.22. The predicted molar refractivity (Wildman–Crippen MR) is 99.7 cm³/mol. The summed E-state index contributed by atoms with van der Waals surface area (Å²) in [5.41, 5.74) is 2.30. The Labute approximate surface area is 152 Å². The molecule has 0 bridgehead atoms. The Morgan fingerprint density at radius 2 is 1.92 bits per heavy atom. The van der Waals surface area contributed by atoms with E-state index in [2.05, 4.69) is 10.6 Å². The molecule has 6 nitrogen and oxygen atoms in total. The summed E-state index contributed by atoms with van der Waals surface area (Å²) in [6, 6.07) is 9.06. The van der Waals surface area contributed by atoms with Gasteiger partial charge in [0.05, 0.1) is 6.04 Å². The molecular weight excluding hydrogens is 340 g/mol. The Morgan fingerprint density at radius 3 is 2.52 bits per heavy atom. The lowest BCUT2D eigenvalue weighted by molar-refractivity contribution is -0.136. The highest BCUT2D eigenvalue weighted by Gasteiger charge is 2.20. The number of nitrogens with one attached hydrogen (secondary N) is 2. The number of benzene rings is 1. The van der Waals surface area contributed by atoms with Gasteiger partial charge in [0.2, 0.25) is 0 Å². The summed E-state index contributed by atoms with van der Waals surface area (Å²) < 4.78 is 1.99. The van der Waals surface area contributed by atoms with Crippen LogP contribution >= 0.6 is 11.6 Å². The van der Waals surface area contributed by atoms with Gasteiger partial charge in [-0.1, -0.05) is 17.7 Å². The molecule has 2 amide bonds. The largest absolute Gasteiger partial charge is 0.353 e. The third-order valence-electron chi connectivity index (χ3n) is 4.13. The summed E-state index contributed by atoms with van der Waals surface area (Å²) in [4.78, 5) is 26.3. The summed E-state index contributed by atoms with van der Waals surface area (Å²) >= 11 is 6.03. The number of rotatable bonds is 5. The Balaban J connectivity index is 2.00. The van der Waals surface area contributed by atoms with E-state index in [1.165, 1.54) is 0 Å². The lowest BCUT2D eigenvalue weighted by Crippen LogP contribution is -2.40. The molecule has 2 aromatic rings. The van der Waals surface area contributed by atoms with Gasteiger partial charge in [-0.15, -0.1) is 0 Å². The smallest absolute Gasteiger partial charge is 0.313 e. The van der Waals surface area contributed by atoms with Crippen LogP contribution in [0.2, 0.25) is 5.02 Å². The molecule has 1 heterocycles. The first-order valence-corrected chi connectivity index (χ1v) is 8.31. The van der Waals surface area contributed by atoms with Crippen molar-refractivity contribution in [1.29, 1.82) is 0 Å². The molecule has 2 rings (SSSR count). The minimum absolute atomic E-state index is 0.0374. The molecule has 2 N–H and O–H groups in total. The van der Waals surface area contributed by atoms with Crippen molar-refractivity contribution in [2.45, 2.75) is 13.0 Å². The van der Waals surface area contributed by atoms with E-state index in [0.717, 1.165) is 11.3 Å². The number of aromatic nitrogens is 1. The fraction of sp³-hybridized carbons (Fsp3) is 0.333. The first kappa shape index (κ1) is 19.0. The summed E-state index contributed by atoms with van der Waals surface area (Å²) in [7, 11) is 5.81. The van der Waals surface area contributed by atoms with Gasteiger partial charge in [0.1, 0.15) is 0 Å². The van der Waals surface area contributed by atoms with Crippen molar-refractivity contribution in [2.24, 2.45) is 7.05 Å². The lowest BCUT2D eigenvalue weighted by atomic mass is 10.2. The molecule has 134 valence electrons. The number of nitrogens with zero attached hydrogens (tertiary/aromatic N) is 2. The van der Waals surface area contributed by atoms with Crippen LogP contribution in [-0.4, -0.2) is 41.9 Å². The van der Waals surface area contributed by atoms with E-state index in [1.807, 2.05) is 48.9 Å². The van der Waals surface area contributed by atoms with E-state index in [1.54, 1.807) is 25.1 Å². The number of likely N-dealkylation sites (N-methyl/N-ethyl adjacent to an activating group) is 1. The second-order valence-corrected chi connectivity index (χ2v) is 6.51. The fourth-order valence-electron chi connectivity index (χ4n) is 2.56. The van der Waals surface area contributed by atoms with Crippen LogP contribution in [0.1, 0.15) is 17.3 Å². The molecule has 0 aliphatic heterocycles. The Bertz CT molecular complexity index is 770. The molecule has 0 aliphatic rings. The molecule has 0 radical (unpaired) electrons. The minimum Gasteiger partial charge on any atom is -0.353 e.